The lowest BCUT2D eigenvalue weighted by molar-refractivity contribution is -0.134. The van der Waals surface area contributed by atoms with Crippen molar-refractivity contribution in [2.45, 2.75) is 46.6 Å². The van der Waals surface area contributed by atoms with E-state index in [1.165, 1.54) is 16.7 Å². The number of nitrogens with zero attached hydrogens (tertiary/aromatic N) is 1. The van der Waals surface area contributed by atoms with Crippen LogP contribution in [-0.4, -0.2) is 17.9 Å². The zero-order valence-corrected chi connectivity index (χ0v) is 14.4. The number of aryl methyl sites for hydroxylation is 1. The fraction of sp³-hybridized carbons (Fsp3) is 0.550. The van der Waals surface area contributed by atoms with E-state index in [-0.39, 0.29) is 17.4 Å². The summed E-state index contributed by atoms with van der Waals surface area (Å²) in [5, 5.41) is 0. The van der Waals surface area contributed by atoms with Crippen LogP contribution < -0.4 is 0 Å². The minimum atomic E-state index is 0.0980. The van der Waals surface area contributed by atoms with Gasteiger partial charge in [0.15, 0.2) is 0 Å². The summed E-state index contributed by atoms with van der Waals surface area (Å²) in [7, 11) is 1.99. The molecule has 3 rings (SSSR count). The van der Waals surface area contributed by atoms with Gasteiger partial charge in [-0.15, -0.1) is 0 Å². The van der Waals surface area contributed by atoms with Gasteiger partial charge in [0.2, 0.25) is 5.91 Å². The van der Waals surface area contributed by atoms with E-state index in [1.54, 1.807) is 0 Å². The van der Waals surface area contributed by atoms with Gasteiger partial charge >= 0.3 is 0 Å². The number of allylic oxidation sites excluding steroid dienone is 2. The van der Waals surface area contributed by atoms with Gasteiger partial charge in [0.1, 0.15) is 0 Å². The maximum atomic E-state index is 13.0. The highest BCUT2D eigenvalue weighted by Crippen LogP contribution is 2.60. The lowest BCUT2D eigenvalue weighted by Crippen LogP contribution is -2.32. The molecule has 2 aliphatic rings. The smallest absolute Gasteiger partial charge is 0.227 e. The van der Waals surface area contributed by atoms with Crippen LogP contribution in [0.5, 0.6) is 0 Å². The number of rotatable bonds is 3. The predicted octanol–water partition coefficient (Wildman–Crippen LogP) is 4.37. The van der Waals surface area contributed by atoms with Crippen molar-refractivity contribution in [2.24, 2.45) is 17.3 Å². The maximum Gasteiger partial charge on any atom is 0.227 e. The Morgan fingerprint density at radius 3 is 2.64 bits per heavy atom. The molecule has 0 heterocycles. The molecule has 0 spiro atoms. The monoisotopic (exact) mass is 297 g/mol. The van der Waals surface area contributed by atoms with E-state index >= 15 is 0 Å². The third-order valence-corrected chi connectivity index (χ3v) is 5.61. The third-order valence-electron chi connectivity index (χ3n) is 5.61. The zero-order valence-electron chi connectivity index (χ0n) is 14.4. The highest BCUT2D eigenvalue weighted by Gasteiger charge is 2.61. The first kappa shape index (κ1) is 15.3. The molecule has 0 aliphatic heterocycles. The number of fused-ring (bicyclic) bond motifs is 1. The lowest BCUT2D eigenvalue weighted by Gasteiger charge is -2.26. The van der Waals surface area contributed by atoms with Crippen molar-refractivity contribution in [3.8, 4) is 0 Å². The first-order chi connectivity index (χ1) is 10.3. The Bertz CT molecular complexity index is 624. The molecule has 1 amide bonds. The summed E-state index contributed by atoms with van der Waals surface area (Å²) in [6.45, 7) is 8.67. The Morgan fingerprint density at radius 1 is 1.27 bits per heavy atom. The van der Waals surface area contributed by atoms with E-state index in [2.05, 4.69) is 58.0 Å². The Kier molecular flexibility index (Phi) is 3.66. The molecule has 1 aromatic rings. The van der Waals surface area contributed by atoms with E-state index in [9.17, 15) is 4.79 Å². The van der Waals surface area contributed by atoms with Crippen molar-refractivity contribution < 1.29 is 4.79 Å². The number of carbonyl (C=O) groups is 1. The van der Waals surface area contributed by atoms with Crippen molar-refractivity contribution in [1.82, 2.24) is 4.90 Å². The second-order valence-corrected chi connectivity index (χ2v) is 7.77. The number of hydrogen-bond acceptors (Lipinski definition) is 1. The number of benzene rings is 1. The lowest BCUT2D eigenvalue weighted by atomic mass is 10.1. The highest BCUT2D eigenvalue weighted by molar-refractivity contribution is 5.84. The Hall–Kier alpha value is -1.57. The molecule has 1 fully saturated rings. The van der Waals surface area contributed by atoms with Gasteiger partial charge in [0.25, 0.3) is 0 Å². The van der Waals surface area contributed by atoms with Gasteiger partial charge in [-0.25, -0.2) is 0 Å². The quantitative estimate of drug-likeness (QED) is 0.759. The Balaban J connectivity index is 1.78. The molecular weight excluding hydrogens is 270 g/mol. The molecule has 0 radical (unpaired) electrons. The van der Waals surface area contributed by atoms with Gasteiger partial charge in [-0.3, -0.25) is 4.79 Å². The summed E-state index contributed by atoms with van der Waals surface area (Å²) < 4.78 is 0. The molecule has 0 aromatic heterocycles. The van der Waals surface area contributed by atoms with E-state index in [0.717, 1.165) is 12.8 Å². The molecule has 3 atom stereocenters. The Morgan fingerprint density at radius 2 is 1.95 bits per heavy atom. The zero-order chi connectivity index (χ0) is 16.1. The minimum Gasteiger partial charge on any atom is -0.338 e. The molecule has 0 bridgehead atoms. The second-order valence-electron chi connectivity index (χ2n) is 7.77. The van der Waals surface area contributed by atoms with Crippen LogP contribution in [0.2, 0.25) is 0 Å². The van der Waals surface area contributed by atoms with Crippen molar-refractivity contribution in [3.63, 3.8) is 0 Å². The largest absolute Gasteiger partial charge is 0.338 e. The van der Waals surface area contributed by atoms with E-state index in [4.69, 9.17) is 0 Å². The highest BCUT2D eigenvalue weighted by atomic mass is 16.2. The van der Waals surface area contributed by atoms with Crippen LogP contribution in [0.4, 0.5) is 0 Å². The van der Waals surface area contributed by atoms with Crippen molar-refractivity contribution >= 4 is 5.91 Å². The summed E-state index contributed by atoms with van der Waals surface area (Å²) in [5.74, 6) is 0.846. The summed E-state index contributed by atoms with van der Waals surface area (Å²) in [5.41, 5.74) is 4.15. The van der Waals surface area contributed by atoms with Crippen LogP contribution in [0.1, 0.15) is 51.3 Å². The normalized spacial score (nSPS) is 28.0. The number of amides is 1. The van der Waals surface area contributed by atoms with Crippen LogP contribution >= 0.6 is 0 Å². The van der Waals surface area contributed by atoms with Crippen LogP contribution in [0.3, 0.4) is 0 Å². The first-order valence-electron chi connectivity index (χ1n) is 8.33. The molecule has 2 aliphatic carbocycles. The van der Waals surface area contributed by atoms with Crippen molar-refractivity contribution in [2.75, 3.05) is 7.05 Å². The van der Waals surface area contributed by atoms with Crippen LogP contribution in [0.15, 0.2) is 35.9 Å². The van der Waals surface area contributed by atoms with Crippen LogP contribution in [-0.2, 0) is 11.2 Å². The summed E-state index contributed by atoms with van der Waals surface area (Å²) in [4.78, 5) is 15.0. The van der Waals surface area contributed by atoms with Crippen LogP contribution in [0.25, 0.3) is 0 Å². The molecule has 2 heteroatoms. The fourth-order valence-electron chi connectivity index (χ4n) is 4.13. The van der Waals surface area contributed by atoms with Gasteiger partial charge in [-0.05, 0) is 49.1 Å². The summed E-state index contributed by atoms with van der Waals surface area (Å²) in [6.07, 6.45) is 4.42. The molecular formula is C20H27NO. The average Bonchev–Trinajstić information content (AvgIpc) is 2.84. The van der Waals surface area contributed by atoms with Gasteiger partial charge in [0.05, 0.1) is 12.0 Å². The Labute approximate surface area is 134 Å². The third kappa shape index (κ3) is 2.39. The maximum absolute atomic E-state index is 13.0. The molecule has 22 heavy (non-hydrogen) atoms. The molecule has 1 aromatic carbocycles. The first-order valence-corrected chi connectivity index (χ1v) is 8.33. The van der Waals surface area contributed by atoms with Gasteiger partial charge in [-0.1, -0.05) is 49.8 Å². The topological polar surface area (TPSA) is 20.3 Å². The van der Waals surface area contributed by atoms with Crippen molar-refractivity contribution in [3.05, 3.63) is 47.0 Å². The minimum absolute atomic E-state index is 0.0980. The SMILES string of the molecule is CC(C)=C[C@@H]1[C@H](C(=O)N(C)[C@@H]2CCc3ccccc32)C1(C)C. The fourth-order valence-corrected chi connectivity index (χ4v) is 4.13. The predicted molar refractivity (Wildman–Crippen MR) is 90.5 cm³/mol. The molecule has 0 saturated heterocycles. The van der Waals surface area contributed by atoms with E-state index in [1.807, 2.05) is 11.9 Å². The van der Waals surface area contributed by atoms with Gasteiger partial charge in [-0.2, -0.15) is 0 Å². The summed E-state index contributed by atoms with van der Waals surface area (Å²) >= 11 is 0. The molecule has 0 unspecified atom stereocenters. The molecule has 0 N–H and O–H groups in total. The van der Waals surface area contributed by atoms with E-state index < -0.39 is 0 Å². The number of hydrogen-bond donors (Lipinski definition) is 0. The molecule has 118 valence electrons. The molecule has 1 saturated carbocycles. The van der Waals surface area contributed by atoms with Crippen molar-refractivity contribution in [1.29, 1.82) is 0 Å². The summed E-state index contributed by atoms with van der Waals surface area (Å²) in [6, 6.07) is 8.82. The van der Waals surface area contributed by atoms with E-state index in [0.29, 0.717) is 11.8 Å². The number of carbonyl (C=O) groups excluding carboxylic acids is 1. The van der Waals surface area contributed by atoms with Gasteiger partial charge in [0, 0.05) is 7.05 Å². The van der Waals surface area contributed by atoms with Gasteiger partial charge < -0.3 is 4.90 Å². The molecule has 2 nitrogen and oxygen atoms in total. The average molecular weight is 297 g/mol. The second kappa shape index (κ2) is 5.26. The standard InChI is InChI=1S/C20H27NO/c1-13(2)12-16-18(20(16,3)4)19(22)21(5)17-11-10-14-8-6-7-9-15(14)17/h6-9,12,16-18H,10-11H2,1-5H3/t16-,17-,18-/m1/s1. The van der Waals surface area contributed by atoms with Crippen LogP contribution in [0, 0.1) is 17.3 Å².